The van der Waals surface area contributed by atoms with Gasteiger partial charge in [-0.15, -0.1) is 0 Å². The predicted octanol–water partition coefficient (Wildman–Crippen LogP) is 1.90. The normalized spacial score (nSPS) is 19.1. The molecule has 100 valence electrons. The molecule has 5 nitrogen and oxygen atoms in total. The van der Waals surface area contributed by atoms with Crippen LogP contribution in [0.4, 0.5) is 0 Å². The van der Waals surface area contributed by atoms with Gasteiger partial charge in [-0.05, 0) is 25.1 Å². The number of fused-ring (bicyclic) bond motifs is 1. The second-order valence-corrected chi connectivity index (χ2v) is 4.64. The van der Waals surface area contributed by atoms with Crippen LogP contribution in [0.3, 0.4) is 0 Å². The van der Waals surface area contributed by atoms with Crippen molar-refractivity contribution in [1.82, 2.24) is 15.5 Å². The Balaban J connectivity index is 1.55. The minimum absolute atomic E-state index is 0.0280. The number of rotatable bonds is 4. The van der Waals surface area contributed by atoms with Gasteiger partial charge in [0.2, 0.25) is 0 Å². The quantitative estimate of drug-likeness (QED) is 0.880. The first-order chi connectivity index (χ1) is 9.33. The third kappa shape index (κ3) is 2.71. The van der Waals surface area contributed by atoms with E-state index in [1.165, 1.54) is 0 Å². The van der Waals surface area contributed by atoms with Crippen molar-refractivity contribution < 1.29 is 9.47 Å². The minimum Gasteiger partial charge on any atom is -0.486 e. The summed E-state index contributed by atoms with van der Waals surface area (Å²) < 4.78 is 11.6. The van der Waals surface area contributed by atoms with E-state index in [4.69, 9.17) is 9.47 Å². The Bertz CT molecular complexity index is 527. The first-order valence-corrected chi connectivity index (χ1v) is 6.44. The van der Waals surface area contributed by atoms with Crippen molar-refractivity contribution in [2.75, 3.05) is 13.2 Å². The molecule has 19 heavy (non-hydrogen) atoms. The lowest BCUT2D eigenvalue weighted by molar-refractivity contribution is 0.0885. The summed E-state index contributed by atoms with van der Waals surface area (Å²) in [7, 11) is 0. The third-order valence-electron chi connectivity index (χ3n) is 3.21. The SMILES string of the molecule is CC(NCC1COc2ccccc2O1)c1ccn[nH]1. The summed E-state index contributed by atoms with van der Waals surface area (Å²) in [6.45, 7) is 3.39. The Hall–Kier alpha value is -2.01. The number of H-pyrrole nitrogens is 1. The highest BCUT2D eigenvalue weighted by Crippen LogP contribution is 2.30. The van der Waals surface area contributed by atoms with Gasteiger partial charge in [0.1, 0.15) is 12.7 Å². The van der Waals surface area contributed by atoms with E-state index < -0.39 is 0 Å². The molecule has 1 aliphatic heterocycles. The van der Waals surface area contributed by atoms with Crippen molar-refractivity contribution in [2.24, 2.45) is 0 Å². The van der Waals surface area contributed by atoms with Gasteiger partial charge in [0.05, 0.1) is 5.69 Å². The molecule has 1 aliphatic rings. The summed E-state index contributed by atoms with van der Waals surface area (Å²) in [6, 6.07) is 9.92. The first kappa shape index (κ1) is 12.0. The Morgan fingerprint density at radius 3 is 3.00 bits per heavy atom. The molecule has 0 aliphatic carbocycles. The third-order valence-corrected chi connectivity index (χ3v) is 3.21. The van der Waals surface area contributed by atoms with Gasteiger partial charge in [-0.1, -0.05) is 12.1 Å². The number of nitrogens with zero attached hydrogens (tertiary/aromatic N) is 1. The minimum atomic E-state index is 0.0280. The highest BCUT2D eigenvalue weighted by atomic mass is 16.6. The number of ether oxygens (including phenoxy) is 2. The van der Waals surface area contributed by atoms with Crippen LogP contribution in [0.25, 0.3) is 0 Å². The van der Waals surface area contributed by atoms with Crippen molar-refractivity contribution >= 4 is 0 Å². The molecule has 2 heterocycles. The molecule has 0 saturated carbocycles. The standard InChI is InChI=1S/C14H17N3O2/c1-10(12-6-7-16-17-12)15-8-11-9-18-13-4-2-3-5-14(13)19-11/h2-7,10-11,15H,8-9H2,1H3,(H,16,17). The fourth-order valence-corrected chi connectivity index (χ4v) is 2.09. The van der Waals surface area contributed by atoms with Crippen LogP contribution in [-0.4, -0.2) is 29.5 Å². The lowest BCUT2D eigenvalue weighted by Gasteiger charge is -2.27. The van der Waals surface area contributed by atoms with Crippen molar-refractivity contribution in [2.45, 2.75) is 19.1 Å². The van der Waals surface area contributed by atoms with Crippen LogP contribution in [0.2, 0.25) is 0 Å². The van der Waals surface area contributed by atoms with E-state index in [0.717, 1.165) is 23.7 Å². The van der Waals surface area contributed by atoms with E-state index in [0.29, 0.717) is 6.61 Å². The molecule has 2 aromatic rings. The molecule has 2 unspecified atom stereocenters. The van der Waals surface area contributed by atoms with Crippen molar-refractivity contribution in [3.05, 3.63) is 42.2 Å². The van der Waals surface area contributed by atoms with E-state index in [1.54, 1.807) is 6.20 Å². The number of nitrogens with one attached hydrogen (secondary N) is 2. The lowest BCUT2D eigenvalue weighted by atomic mass is 10.2. The van der Waals surface area contributed by atoms with Crippen molar-refractivity contribution in [3.63, 3.8) is 0 Å². The van der Waals surface area contributed by atoms with E-state index >= 15 is 0 Å². The van der Waals surface area contributed by atoms with Gasteiger partial charge in [-0.2, -0.15) is 5.10 Å². The second kappa shape index (κ2) is 5.32. The van der Waals surface area contributed by atoms with Gasteiger partial charge in [0.25, 0.3) is 0 Å². The summed E-state index contributed by atoms with van der Waals surface area (Å²) in [5.74, 6) is 1.63. The number of benzene rings is 1. The molecule has 0 amide bonds. The number of aromatic nitrogens is 2. The summed E-state index contributed by atoms with van der Waals surface area (Å²) in [5.41, 5.74) is 1.07. The maximum Gasteiger partial charge on any atom is 0.161 e. The molecule has 2 atom stereocenters. The van der Waals surface area contributed by atoms with E-state index in [-0.39, 0.29) is 12.1 Å². The van der Waals surface area contributed by atoms with Crippen molar-refractivity contribution in [1.29, 1.82) is 0 Å². The second-order valence-electron chi connectivity index (χ2n) is 4.64. The molecule has 0 saturated heterocycles. The topological polar surface area (TPSA) is 59.2 Å². The molecule has 0 fully saturated rings. The maximum absolute atomic E-state index is 5.89. The van der Waals surface area contributed by atoms with E-state index in [1.807, 2.05) is 30.3 Å². The van der Waals surface area contributed by atoms with Crippen LogP contribution in [0.1, 0.15) is 18.7 Å². The molecule has 0 bridgehead atoms. The molecular weight excluding hydrogens is 242 g/mol. The van der Waals surface area contributed by atoms with Gasteiger partial charge >= 0.3 is 0 Å². The van der Waals surface area contributed by atoms with Gasteiger partial charge in [0.15, 0.2) is 11.5 Å². The molecule has 0 radical (unpaired) electrons. The fraction of sp³-hybridized carbons (Fsp3) is 0.357. The fourth-order valence-electron chi connectivity index (χ4n) is 2.09. The molecule has 1 aromatic heterocycles. The smallest absolute Gasteiger partial charge is 0.161 e. The number of hydrogen-bond acceptors (Lipinski definition) is 4. The molecule has 0 spiro atoms. The number of para-hydroxylation sites is 2. The molecule has 5 heteroatoms. The zero-order valence-corrected chi connectivity index (χ0v) is 10.8. The Labute approximate surface area is 111 Å². The number of aromatic amines is 1. The zero-order valence-electron chi connectivity index (χ0n) is 10.8. The molecule has 2 N–H and O–H groups in total. The van der Waals surface area contributed by atoms with Gasteiger partial charge in [0, 0.05) is 18.8 Å². The van der Waals surface area contributed by atoms with E-state index in [9.17, 15) is 0 Å². The Morgan fingerprint density at radius 2 is 2.21 bits per heavy atom. The van der Waals surface area contributed by atoms with Crippen LogP contribution in [0, 0.1) is 0 Å². The van der Waals surface area contributed by atoms with Crippen LogP contribution in [-0.2, 0) is 0 Å². The zero-order chi connectivity index (χ0) is 13.1. The Morgan fingerprint density at radius 1 is 1.37 bits per heavy atom. The highest BCUT2D eigenvalue weighted by molar-refractivity contribution is 5.40. The van der Waals surface area contributed by atoms with Gasteiger partial charge < -0.3 is 14.8 Å². The van der Waals surface area contributed by atoms with Gasteiger partial charge in [-0.25, -0.2) is 0 Å². The monoisotopic (exact) mass is 259 g/mol. The largest absolute Gasteiger partial charge is 0.486 e. The predicted molar refractivity (Wildman–Crippen MR) is 71.4 cm³/mol. The lowest BCUT2D eigenvalue weighted by Crippen LogP contribution is -2.39. The summed E-state index contributed by atoms with van der Waals surface area (Å²) in [5, 5.41) is 10.3. The summed E-state index contributed by atoms with van der Waals surface area (Å²) >= 11 is 0. The van der Waals surface area contributed by atoms with Crippen LogP contribution in [0.5, 0.6) is 11.5 Å². The molecular formula is C14H17N3O2. The summed E-state index contributed by atoms with van der Waals surface area (Å²) in [4.78, 5) is 0. The first-order valence-electron chi connectivity index (χ1n) is 6.44. The summed E-state index contributed by atoms with van der Waals surface area (Å²) in [6.07, 6.45) is 1.78. The number of hydrogen-bond donors (Lipinski definition) is 2. The maximum atomic E-state index is 5.89. The molecule has 3 rings (SSSR count). The highest BCUT2D eigenvalue weighted by Gasteiger charge is 2.21. The van der Waals surface area contributed by atoms with Gasteiger partial charge in [-0.3, -0.25) is 5.10 Å². The molecule has 1 aromatic carbocycles. The van der Waals surface area contributed by atoms with Crippen LogP contribution in [0.15, 0.2) is 36.5 Å². The Kier molecular flexibility index (Phi) is 3.37. The van der Waals surface area contributed by atoms with E-state index in [2.05, 4.69) is 22.4 Å². The average Bonchev–Trinajstić information content (AvgIpc) is 2.99. The average molecular weight is 259 g/mol. The van der Waals surface area contributed by atoms with Crippen LogP contribution >= 0.6 is 0 Å². The van der Waals surface area contributed by atoms with Crippen LogP contribution < -0.4 is 14.8 Å². The van der Waals surface area contributed by atoms with Crippen molar-refractivity contribution in [3.8, 4) is 11.5 Å².